The smallest absolute Gasteiger partial charge is 0.147 e. The number of aromatic nitrogens is 2. The molecule has 0 N–H and O–H groups in total. The van der Waals surface area contributed by atoms with Crippen molar-refractivity contribution in [2.45, 2.75) is 6.92 Å². The van der Waals surface area contributed by atoms with Gasteiger partial charge in [-0.3, -0.25) is 0 Å². The van der Waals surface area contributed by atoms with Crippen LogP contribution in [-0.2, 0) is 0 Å². The van der Waals surface area contributed by atoms with Crippen molar-refractivity contribution in [1.82, 2.24) is 14.9 Å². The maximum atomic E-state index is 5.12. The fourth-order valence-electron chi connectivity index (χ4n) is 4.11. The third-order valence-corrected chi connectivity index (χ3v) is 7.78. The van der Waals surface area contributed by atoms with E-state index in [1.807, 2.05) is 18.0 Å². The molecule has 0 atom stereocenters. The molecule has 3 aromatic rings. The first-order valence-corrected chi connectivity index (χ1v) is 12.5. The Morgan fingerprint density at radius 1 is 0.967 bits per heavy atom. The number of fused-ring (bicyclic) bond motifs is 1. The number of hydrogen-bond acceptors (Lipinski definition) is 7. The van der Waals surface area contributed by atoms with Crippen LogP contribution in [0.15, 0.2) is 35.8 Å². The van der Waals surface area contributed by atoms with E-state index in [1.165, 1.54) is 21.6 Å². The van der Waals surface area contributed by atoms with E-state index in [-0.39, 0.29) is 12.4 Å². The molecule has 0 spiro atoms. The summed E-state index contributed by atoms with van der Waals surface area (Å²) in [6, 6.07) is 8.77. The maximum absolute atomic E-state index is 5.12. The first kappa shape index (κ1) is 21.7. The zero-order valence-electron chi connectivity index (χ0n) is 17.3. The largest absolute Gasteiger partial charge is 0.355 e. The van der Waals surface area contributed by atoms with Crippen LogP contribution < -0.4 is 9.80 Å². The molecule has 160 valence electrons. The van der Waals surface area contributed by atoms with Gasteiger partial charge in [-0.15, -0.1) is 23.7 Å². The minimum absolute atomic E-state index is 0. The van der Waals surface area contributed by atoms with Crippen molar-refractivity contribution in [2.75, 3.05) is 67.1 Å². The minimum Gasteiger partial charge on any atom is -0.355 e. The van der Waals surface area contributed by atoms with Crippen molar-refractivity contribution in [3.05, 3.63) is 35.8 Å². The lowest BCUT2D eigenvalue weighted by molar-refractivity contribution is 0.271. The average Bonchev–Trinajstić information content (AvgIpc) is 3.28. The van der Waals surface area contributed by atoms with Gasteiger partial charge in [-0.2, -0.15) is 11.8 Å². The van der Waals surface area contributed by atoms with Crippen LogP contribution in [0.3, 0.4) is 0 Å². The third-order valence-electron chi connectivity index (χ3n) is 5.92. The molecular formula is C22H28ClN5S2. The molecule has 5 rings (SSSR count). The summed E-state index contributed by atoms with van der Waals surface area (Å²) in [5.41, 5.74) is 2.12. The molecule has 0 aromatic carbocycles. The van der Waals surface area contributed by atoms with Crippen LogP contribution in [0.2, 0.25) is 0 Å². The number of pyridine rings is 2. The molecule has 0 saturated carbocycles. The second kappa shape index (κ2) is 9.73. The zero-order chi connectivity index (χ0) is 19.6. The topological polar surface area (TPSA) is 35.5 Å². The predicted octanol–water partition coefficient (Wildman–Crippen LogP) is 4.48. The number of thiophene rings is 1. The second-order valence-electron chi connectivity index (χ2n) is 7.60. The van der Waals surface area contributed by atoms with E-state index in [0.29, 0.717) is 0 Å². The van der Waals surface area contributed by atoms with Crippen molar-refractivity contribution in [3.63, 3.8) is 0 Å². The fourth-order valence-corrected chi connectivity index (χ4v) is 5.91. The summed E-state index contributed by atoms with van der Waals surface area (Å²) in [6.45, 7) is 9.85. The molecule has 2 aliphatic heterocycles. The summed E-state index contributed by atoms with van der Waals surface area (Å²) in [4.78, 5) is 17.2. The summed E-state index contributed by atoms with van der Waals surface area (Å²) in [7, 11) is 0. The maximum Gasteiger partial charge on any atom is 0.147 e. The summed E-state index contributed by atoms with van der Waals surface area (Å²) in [5, 5.41) is 3.46. The first-order chi connectivity index (χ1) is 14.3. The molecule has 2 aliphatic rings. The first-order valence-electron chi connectivity index (χ1n) is 10.5. The SMILES string of the molecule is CCN1CCN(c2nc(-c3ccc(N4CCSCC4)nc3)cc3ccsc23)CC1.Cl. The second-order valence-corrected chi connectivity index (χ2v) is 9.74. The zero-order valence-corrected chi connectivity index (χ0v) is 19.7. The molecule has 8 heteroatoms. The number of rotatable bonds is 4. The number of halogens is 1. The van der Waals surface area contributed by atoms with Crippen molar-refractivity contribution >= 4 is 57.2 Å². The summed E-state index contributed by atoms with van der Waals surface area (Å²) < 4.78 is 1.30. The Bertz CT molecular complexity index is 963. The van der Waals surface area contributed by atoms with Gasteiger partial charge in [-0.1, -0.05) is 6.92 Å². The van der Waals surface area contributed by atoms with E-state index in [2.05, 4.69) is 51.3 Å². The average molecular weight is 462 g/mol. The third kappa shape index (κ3) is 4.40. The van der Waals surface area contributed by atoms with E-state index >= 15 is 0 Å². The van der Waals surface area contributed by atoms with Crippen LogP contribution in [-0.4, -0.2) is 72.2 Å². The molecule has 2 saturated heterocycles. The van der Waals surface area contributed by atoms with E-state index in [0.717, 1.165) is 68.7 Å². The lowest BCUT2D eigenvalue weighted by Crippen LogP contribution is -2.46. The van der Waals surface area contributed by atoms with Crippen molar-refractivity contribution in [2.24, 2.45) is 0 Å². The molecule has 2 fully saturated rings. The highest BCUT2D eigenvalue weighted by molar-refractivity contribution is 7.99. The summed E-state index contributed by atoms with van der Waals surface area (Å²) in [6.07, 6.45) is 2.00. The Balaban J connectivity index is 0.00000218. The van der Waals surface area contributed by atoms with Gasteiger partial charge in [0.05, 0.1) is 10.4 Å². The van der Waals surface area contributed by atoms with Gasteiger partial charge in [0.25, 0.3) is 0 Å². The van der Waals surface area contributed by atoms with E-state index < -0.39 is 0 Å². The lowest BCUT2D eigenvalue weighted by atomic mass is 10.1. The van der Waals surface area contributed by atoms with Crippen molar-refractivity contribution < 1.29 is 0 Å². The van der Waals surface area contributed by atoms with Gasteiger partial charge < -0.3 is 14.7 Å². The molecule has 0 bridgehead atoms. The molecule has 30 heavy (non-hydrogen) atoms. The van der Waals surface area contributed by atoms with Crippen LogP contribution in [0.1, 0.15) is 6.92 Å². The molecule has 0 unspecified atom stereocenters. The Morgan fingerprint density at radius 2 is 1.77 bits per heavy atom. The van der Waals surface area contributed by atoms with Gasteiger partial charge in [-0.25, -0.2) is 9.97 Å². The van der Waals surface area contributed by atoms with E-state index in [1.54, 1.807) is 11.3 Å². The minimum atomic E-state index is 0. The number of likely N-dealkylation sites (N-methyl/N-ethyl adjacent to an activating group) is 1. The van der Waals surface area contributed by atoms with Gasteiger partial charge in [0, 0.05) is 62.5 Å². The normalized spacial score (nSPS) is 17.9. The lowest BCUT2D eigenvalue weighted by Gasteiger charge is -2.35. The standard InChI is InChI=1S/C22H27N5S2.ClH/c1-2-25-6-8-27(9-7-25)22-21-17(5-12-29-21)15-19(24-22)18-3-4-20(23-16-18)26-10-13-28-14-11-26;/h3-5,12,15-16H,2,6-11,13-14H2,1H3;1H. The van der Waals surface area contributed by atoms with Gasteiger partial charge in [0.2, 0.25) is 0 Å². The van der Waals surface area contributed by atoms with E-state index in [9.17, 15) is 0 Å². The van der Waals surface area contributed by atoms with E-state index in [4.69, 9.17) is 9.97 Å². The van der Waals surface area contributed by atoms with Gasteiger partial charge >= 0.3 is 0 Å². The molecule has 3 aromatic heterocycles. The quantitative estimate of drug-likeness (QED) is 0.570. The molecule has 0 aliphatic carbocycles. The van der Waals surface area contributed by atoms with Crippen LogP contribution >= 0.6 is 35.5 Å². The highest BCUT2D eigenvalue weighted by atomic mass is 35.5. The molecule has 5 nitrogen and oxygen atoms in total. The summed E-state index contributed by atoms with van der Waals surface area (Å²) in [5.74, 6) is 4.60. The molecule has 0 radical (unpaired) electrons. The molecular weight excluding hydrogens is 434 g/mol. The van der Waals surface area contributed by atoms with Gasteiger partial charge in [0.1, 0.15) is 11.6 Å². The number of nitrogens with zero attached hydrogens (tertiary/aromatic N) is 5. The summed E-state index contributed by atoms with van der Waals surface area (Å²) >= 11 is 3.82. The van der Waals surface area contributed by atoms with Crippen LogP contribution in [0.25, 0.3) is 21.3 Å². The van der Waals surface area contributed by atoms with Gasteiger partial charge in [-0.05, 0) is 41.6 Å². The fraction of sp³-hybridized carbons (Fsp3) is 0.455. The van der Waals surface area contributed by atoms with Crippen molar-refractivity contribution in [1.29, 1.82) is 0 Å². The van der Waals surface area contributed by atoms with Gasteiger partial charge in [0.15, 0.2) is 0 Å². The predicted molar refractivity (Wildman–Crippen MR) is 134 cm³/mol. The Labute approximate surface area is 192 Å². The monoisotopic (exact) mass is 461 g/mol. The van der Waals surface area contributed by atoms with Crippen molar-refractivity contribution in [3.8, 4) is 11.3 Å². The molecule has 5 heterocycles. The number of piperazine rings is 1. The van der Waals surface area contributed by atoms with Crippen LogP contribution in [0, 0.1) is 0 Å². The number of thioether (sulfide) groups is 1. The highest BCUT2D eigenvalue weighted by Crippen LogP contribution is 2.34. The molecule has 0 amide bonds. The number of hydrogen-bond donors (Lipinski definition) is 0. The Hall–Kier alpha value is -1.54. The number of anilines is 2. The Kier molecular flexibility index (Phi) is 7.03. The Morgan fingerprint density at radius 3 is 2.47 bits per heavy atom. The van der Waals surface area contributed by atoms with Crippen LogP contribution in [0.4, 0.5) is 11.6 Å². The highest BCUT2D eigenvalue weighted by Gasteiger charge is 2.21. The van der Waals surface area contributed by atoms with Crippen LogP contribution in [0.5, 0.6) is 0 Å².